The van der Waals surface area contributed by atoms with Gasteiger partial charge in [-0.15, -0.1) is 0 Å². The lowest BCUT2D eigenvalue weighted by atomic mass is 9.91. The van der Waals surface area contributed by atoms with Gasteiger partial charge >= 0.3 is 6.01 Å². The molecule has 1 aliphatic carbocycles. The molecule has 2 fully saturated rings. The lowest BCUT2D eigenvalue weighted by molar-refractivity contribution is 0.386. The Labute approximate surface area is 192 Å². The highest BCUT2D eigenvalue weighted by molar-refractivity contribution is 5.88. The molecule has 2 unspecified atom stereocenters. The van der Waals surface area contributed by atoms with Crippen LogP contribution >= 0.6 is 0 Å². The van der Waals surface area contributed by atoms with Gasteiger partial charge < -0.3 is 20.3 Å². The van der Waals surface area contributed by atoms with Crippen molar-refractivity contribution in [2.75, 3.05) is 36.9 Å². The van der Waals surface area contributed by atoms with Gasteiger partial charge in [-0.2, -0.15) is 9.97 Å². The zero-order valence-electron chi connectivity index (χ0n) is 19.1. The van der Waals surface area contributed by atoms with Gasteiger partial charge in [-0.25, -0.2) is 4.39 Å². The van der Waals surface area contributed by atoms with Crippen LogP contribution in [0.4, 0.5) is 15.9 Å². The number of benzene rings is 1. The van der Waals surface area contributed by atoms with Crippen LogP contribution in [-0.4, -0.2) is 47.2 Å². The quantitative estimate of drug-likeness (QED) is 0.492. The first kappa shape index (κ1) is 20.4. The van der Waals surface area contributed by atoms with E-state index in [4.69, 9.17) is 14.7 Å². The Balaban J connectivity index is 1.47. The summed E-state index contributed by atoms with van der Waals surface area (Å²) in [6, 6.07) is 7.21. The Morgan fingerprint density at radius 3 is 2.91 bits per heavy atom. The smallest absolute Gasteiger partial charge is 0.324 e. The van der Waals surface area contributed by atoms with E-state index in [1.165, 1.54) is 0 Å². The molecule has 2 N–H and O–H groups in total. The van der Waals surface area contributed by atoms with Crippen molar-refractivity contribution in [2.45, 2.75) is 32.2 Å². The number of ether oxygens (including phenoxy) is 1. The highest BCUT2D eigenvalue weighted by Crippen LogP contribution is 2.47. The molecule has 0 radical (unpaired) electrons. The van der Waals surface area contributed by atoms with Gasteiger partial charge in [0.2, 0.25) is 0 Å². The third-order valence-electron chi connectivity index (χ3n) is 7.32. The molecule has 2 atom stereocenters. The highest BCUT2D eigenvalue weighted by atomic mass is 19.1. The summed E-state index contributed by atoms with van der Waals surface area (Å²) in [5.41, 5.74) is 5.44. The summed E-state index contributed by atoms with van der Waals surface area (Å²) in [5, 5.41) is 6.81. The first-order chi connectivity index (χ1) is 15.9. The predicted molar refractivity (Wildman–Crippen MR) is 126 cm³/mol. The Morgan fingerprint density at radius 1 is 1.27 bits per heavy atom. The van der Waals surface area contributed by atoms with E-state index in [1.54, 1.807) is 18.3 Å². The van der Waals surface area contributed by atoms with Gasteiger partial charge in [-0.3, -0.25) is 4.98 Å². The maximum Gasteiger partial charge on any atom is 0.324 e. The van der Waals surface area contributed by atoms with Crippen LogP contribution in [0.2, 0.25) is 0 Å². The number of rotatable bonds is 4. The predicted octanol–water partition coefficient (Wildman–Crippen LogP) is 3.91. The summed E-state index contributed by atoms with van der Waals surface area (Å²) in [6.07, 6.45) is 3.43. The minimum absolute atomic E-state index is 0.0548. The van der Waals surface area contributed by atoms with Crippen molar-refractivity contribution in [3.63, 3.8) is 0 Å². The van der Waals surface area contributed by atoms with E-state index in [0.717, 1.165) is 65.6 Å². The summed E-state index contributed by atoms with van der Waals surface area (Å²) in [4.78, 5) is 16.3. The second-order valence-electron chi connectivity index (χ2n) is 9.51. The van der Waals surface area contributed by atoms with Crippen LogP contribution in [0.3, 0.4) is 0 Å². The maximum atomic E-state index is 14.5. The van der Waals surface area contributed by atoms with E-state index in [-0.39, 0.29) is 11.4 Å². The topological polar surface area (TPSA) is 75.2 Å². The van der Waals surface area contributed by atoms with E-state index < -0.39 is 0 Å². The summed E-state index contributed by atoms with van der Waals surface area (Å²) >= 11 is 0. The van der Waals surface area contributed by atoms with Gasteiger partial charge in [0.05, 0.1) is 11.9 Å². The van der Waals surface area contributed by atoms with Gasteiger partial charge in [0.15, 0.2) is 0 Å². The van der Waals surface area contributed by atoms with Crippen molar-refractivity contribution in [3.05, 3.63) is 53.2 Å². The Bertz CT molecular complexity index is 1250. The Kier molecular flexibility index (Phi) is 4.55. The zero-order valence-corrected chi connectivity index (χ0v) is 19.1. The Hall–Kier alpha value is -3.26. The average molecular weight is 447 g/mol. The minimum atomic E-state index is -0.269. The largest absolute Gasteiger partial charge is 0.423 e. The number of halogens is 1. The van der Waals surface area contributed by atoms with Crippen LogP contribution < -0.4 is 20.3 Å². The number of nitrogens with one attached hydrogen (secondary N) is 2. The standard InChI is InChI=1S/C25H27FN6O/c1-14-4-5-17(11-28-14)33-24-30-21-10-18-19(8-16(26)9-20(18)27-3)22(21)23(31-24)32-12-15-6-7-29-25(15,2)13-32/h4-5,8-9,11,15,27,29H,6-7,10,12-13H2,1-3H3. The summed E-state index contributed by atoms with van der Waals surface area (Å²) in [5.74, 6) is 1.69. The fourth-order valence-corrected chi connectivity index (χ4v) is 5.57. The molecule has 170 valence electrons. The molecule has 0 spiro atoms. The molecule has 3 aliphatic rings. The van der Waals surface area contributed by atoms with Gasteiger partial charge in [0, 0.05) is 49.0 Å². The van der Waals surface area contributed by atoms with E-state index in [1.807, 2.05) is 26.1 Å². The van der Waals surface area contributed by atoms with Crippen LogP contribution in [0, 0.1) is 18.7 Å². The van der Waals surface area contributed by atoms with E-state index in [2.05, 4.69) is 27.4 Å². The number of aromatic nitrogens is 3. The van der Waals surface area contributed by atoms with Gasteiger partial charge in [-0.05, 0) is 68.1 Å². The zero-order chi connectivity index (χ0) is 22.7. The highest BCUT2D eigenvalue weighted by Gasteiger charge is 2.47. The Morgan fingerprint density at radius 2 is 2.15 bits per heavy atom. The van der Waals surface area contributed by atoms with Crippen molar-refractivity contribution in [2.24, 2.45) is 5.92 Å². The van der Waals surface area contributed by atoms with Gasteiger partial charge in [0.1, 0.15) is 17.4 Å². The second-order valence-corrected chi connectivity index (χ2v) is 9.51. The van der Waals surface area contributed by atoms with Crippen LogP contribution in [0.25, 0.3) is 11.1 Å². The molecule has 3 aromatic rings. The molecule has 2 aromatic heterocycles. The number of fused-ring (bicyclic) bond motifs is 4. The normalized spacial score (nSPS) is 22.8. The van der Waals surface area contributed by atoms with E-state index in [0.29, 0.717) is 24.1 Å². The van der Waals surface area contributed by atoms with E-state index in [9.17, 15) is 4.39 Å². The molecular formula is C25H27FN6O. The molecule has 4 heterocycles. The molecule has 8 heteroatoms. The molecule has 7 nitrogen and oxygen atoms in total. The molecule has 0 saturated carbocycles. The fourth-order valence-electron chi connectivity index (χ4n) is 5.57. The molecule has 0 amide bonds. The van der Waals surface area contributed by atoms with Crippen molar-refractivity contribution in [3.8, 4) is 22.9 Å². The first-order valence-corrected chi connectivity index (χ1v) is 11.5. The van der Waals surface area contributed by atoms with Crippen LogP contribution in [-0.2, 0) is 6.42 Å². The number of aryl methyl sites for hydroxylation is 1. The number of anilines is 2. The molecular weight excluding hydrogens is 419 g/mol. The lowest BCUT2D eigenvalue weighted by Crippen LogP contribution is -2.43. The SMILES string of the molecule is CNc1cc(F)cc2c1Cc1nc(Oc3ccc(C)nc3)nc(N3CC4CCNC4(C)C3)c1-2. The third-order valence-corrected chi connectivity index (χ3v) is 7.32. The summed E-state index contributed by atoms with van der Waals surface area (Å²) in [7, 11) is 1.82. The number of hydrogen-bond donors (Lipinski definition) is 2. The van der Waals surface area contributed by atoms with Crippen LogP contribution in [0.15, 0.2) is 30.5 Å². The number of hydrogen-bond acceptors (Lipinski definition) is 7. The third kappa shape index (κ3) is 3.31. The molecule has 2 aliphatic heterocycles. The van der Waals surface area contributed by atoms with Crippen molar-refractivity contribution in [1.29, 1.82) is 0 Å². The van der Waals surface area contributed by atoms with Crippen molar-refractivity contribution < 1.29 is 9.13 Å². The lowest BCUT2D eigenvalue weighted by Gasteiger charge is -2.25. The van der Waals surface area contributed by atoms with E-state index >= 15 is 0 Å². The van der Waals surface area contributed by atoms with Crippen molar-refractivity contribution >= 4 is 11.5 Å². The average Bonchev–Trinajstić information content (AvgIpc) is 3.43. The van der Waals surface area contributed by atoms with Gasteiger partial charge in [-0.1, -0.05) is 0 Å². The summed E-state index contributed by atoms with van der Waals surface area (Å²) in [6.45, 7) is 7.01. The first-order valence-electron chi connectivity index (χ1n) is 11.5. The number of pyridine rings is 1. The molecule has 6 rings (SSSR count). The molecule has 1 aromatic carbocycles. The minimum Gasteiger partial charge on any atom is -0.423 e. The second kappa shape index (κ2) is 7.38. The summed E-state index contributed by atoms with van der Waals surface area (Å²) < 4.78 is 20.6. The molecule has 2 saturated heterocycles. The van der Waals surface area contributed by atoms with Crippen LogP contribution in [0.5, 0.6) is 11.8 Å². The van der Waals surface area contributed by atoms with Crippen molar-refractivity contribution in [1.82, 2.24) is 20.3 Å². The molecule has 33 heavy (non-hydrogen) atoms. The fraction of sp³-hybridized carbons (Fsp3) is 0.400. The van der Waals surface area contributed by atoms with Gasteiger partial charge in [0.25, 0.3) is 0 Å². The maximum absolute atomic E-state index is 14.5. The number of nitrogens with zero attached hydrogens (tertiary/aromatic N) is 4. The molecule has 0 bridgehead atoms. The van der Waals surface area contributed by atoms with Crippen LogP contribution in [0.1, 0.15) is 30.3 Å². The monoisotopic (exact) mass is 446 g/mol.